The smallest absolute Gasteiger partial charge is 0.291 e. The van der Waals surface area contributed by atoms with E-state index >= 15 is 0 Å². The van der Waals surface area contributed by atoms with E-state index in [-0.39, 0.29) is 35.5 Å². The number of amides is 2. The van der Waals surface area contributed by atoms with Crippen molar-refractivity contribution >= 4 is 23.2 Å². The van der Waals surface area contributed by atoms with Gasteiger partial charge in [0.1, 0.15) is 0 Å². The molecule has 186 valence electrons. The van der Waals surface area contributed by atoms with Gasteiger partial charge in [0, 0.05) is 38.1 Å². The molecule has 0 bridgehead atoms. The minimum Gasteiger partial charge on any atom is -0.459 e. The van der Waals surface area contributed by atoms with Gasteiger partial charge in [0.15, 0.2) is 5.76 Å². The first kappa shape index (κ1) is 26.1. The van der Waals surface area contributed by atoms with Crippen LogP contribution in [0.4, 0.5) is 11.4 Å². The molecule has 0 spiro atoms. The number of carbonyl (C=O) groups is 2. The Morgan fingerprint density at radius 2 is 1.69 bits per heavy atom. The molecule has 2 amide bonds. The summed E-state index contributed by atoms with van der Waals surface area (Å²) >= 11 is 0. The third kappa shape index (κ3) is 6.32. The highest BCUT2D eigenvalue weighted by atomic mass is 16.3. The summed E-state index contributed by atoms with van der Waals surface area (Å²) in [5.41, 5.74) is 3.67. The Bertz CT molecular complexity index is 1110. The minimum atomic E-state index is -0.308. The summed E-state index contributed by atoms with van der Waals surface area (Å²) in [5, 5.41) is 2.91. The van der Waals surface area contributed by atoms with E-state index in [0.717, 1.165) is 23.2 Å². The van der Waals surface area contributed by atoms with Gasteiger partial charge in [-0.3, -0.25) is 9.59 Å². The maximum absolute atomic E-state index is 14.0. The van der Waals surface area contributed by atoms with E-state index in [1.54, 1.807) is 12.1 Å². The largest absolute Gasteiger partial charge is 0.459 e. The second-order valence-electron chi connectivity index (χ2n) is 9.49. The summed E-state index contributed by atoms with van der Waals surface area (Å²) in [6.07, 6.45) is 2.20. The summed E-state index contributed by atoms with van der Waals surface area (Å²) in [7, 11) is 3.97. The van der Waals surface area contributed by atoms with Gasteiger partial charge in [0.05, 0.1) is 12.2 Å². The van der Waals surface area contributed by atoms with Crippen molar-refractivity contribution in [3.63, 3.8) is 0 Å². The fraction of sp³-hybridized carbons (Fsp3) is 0.379. The van der Waals surface area contributed by atoms with Crippen molar-refractivity contribution < 1.29 is 14.0 Å². The normalized spacial score (nSPS) is 12.8. The van der Waals surface area contributed by atoms with Crippen molar-refractivity contribution in [3.05, 3.63) is 83.8 Å². The molecule has 6 nitrogen and oxygen atoms in total. The highest BCUT2D eigenvalue weighted by Crippen LogP contribution is 2.30. The van der Waals surface area contributed by atoms with Crippen LogP contribution in [0.2, 0.25) is 0 Å². The molecule has 6 heteroatoms. The molecule has 1 N–H and O–H groups in total. The molecule has 2 aromatic carbocycles. The zero-order valence-electron chi connectivity index (χ0n) is 21.6. The van der Waals surface area contributed by atoms with E-state index in [0.29, 0.717) is 12.2 Å². The van der Waals surface area contributed by atoms with E-state index < -0.39 is 0 Å². The SMILES string of the molecule is CCC(C(=O)N(Cc1cc(NC(=O)c2ccco2)ccc1N(C)C)C(C)C(C)C)c1ccccc1. The van der Waals surface area contributed by atoms with Crippen LogP contribution in [0.25, 0.3) is 0 Å². The van der Waals surface area contributed by atoms with Gasteiger partial charge in [-0.2, -0.15) is 0 Å². The fourth-order valence-electron chi connectivity index (χ4n) is 4.23. The molecule has 2 atom stereocenters. The molecule has 1 heterocycles. The highest BCUT2D eigenvalue weighted by molar-refractivity contribution is 6.02. The van der Waals surface area contributed by atoms with Gasteiger partial charge in [-0.1, -0.05) is 51.1 Å². The molecule has 0 aliphatic carbocycles. The number of rotatable bonds is 10. The number of nitrogens with one attached hydrogen (secondary N) is 1. The van der Waals surface area contributed by atoms with Crippen molar-refractivity contribution in [2.45, 2.75) is 52.6 Å². The van der Waals surface area contributed by atoms with Gasteiger partial charge < -0.3 is 19.5 Å². The lowest BCUT2D eigenvalue weighted by atomic mass is 9.92. The van der Waals surface area contributed by atoms with Crippen LogP contribution in [0.5, 0.6) is 0 Å². The van der Waals surface area contributed by atoms with Crippen LogP contribution in [-0.2, 0) is 11.3 Å². The van der Waals surface area contributed by atoms with E-state index in [9.17, 15) is 9.59 Å². The molecule has 35 heavy (non-hydrogen) atoms. The third-order valence-electron chi connectivity index (χ3n) is 6.55. The lowest BCUT2D eigenvalue weighted by Crippen LogP contribution is -2.43. The van der Waals surface area contributed by atoms with Crippen LogP contribution in [0, 0.1) is 5.92 Å². The van der Waals surface area contributed by atoms with Crippen molar-refractivity contribution in [1.82, 2.24) is 4.90 Å². The number of hydrogen-bond acceptors (Lipinski definition) is 4. The molecule has 0 radical (unpaired) electrons. The standard InChI is InChI=1S/C29H37N3O3/c1-7-25(22-12-9-8-10-13-22)29(34)32(21(4)20(2)3)19-23-18-24(15-16-26(23)31(5)6)30-28(33)27-14-11-17-35-27/h8-18,20-21,25H,7,19H2,1-6H3,(H,30,33). The summed E-state index contributed by atoms with van der Waals surface area (Å²) in [5.74, 6) is 0.146. The summed E-state index contributed by atoms with van der Waals surface area (Å²) in [6.45, 7) is 8.89. The number of carbonyl (C=O) groups excluding carboxylic acids is 2. The zero-order chi connectivity index (χ0) is 25.5. The van der Waals surface area contributed by atoms with Gasteiger partial charge in [-0.05, 0) is 60.7 Å². The number of benzene rings is 2. The Morgan fingerprint density at radius 1 is 0.971 bits per heavy atom. The molecular weight excluding hydrogens is 438 g/mol. The first-order valence-corrected chi connectivity index (χ1v) is 12.2. The molecule has 0 fully saturated rings. The predicted octanol–water partition coefficient (Wildman–Crippen LogP) is 6.16. The number of hydrogen-bond donors (Lipinski definition) is 1. The van der Waals surface area contributed by atoms with Gasteiger partial charge in [-0.15, -0.1) is 0 Å². The van der Waals surface area contributed by atoms with Gasteiger partial charge in [-0.25, -0.2) is 0 Å². The highest BCUT2D eigenvalue weighted by Gasteiger charge is 2.30. The van der Waals surface area contributed by atoms with Crippen molar-refractivity contribution in [2.75, 3.05) is 24.3 Å². The maximum Gasteiger partial charge on any atom is 0.291 e. The molecular formula is C29H37N3O3. The second-order valence-corrected chi connectivity index (χ2v) is 9.49. The molecule has 2 unspecified atom stereocenters. The Morgan fingerprint density at radius 3 is 2.26 bits per heavy atom. The average molecular weight is 476 g/mol. The summed E-state index contributed by atoms with van der Waals surface area (Å²) < 4.78 is 5.22. The lowest BCUT2D eigenvalue weighted by molar-refractivity contribution is -0.136. The van der Waals surface area contributed by atoms with E-state index in [1.165, 1.54) is 6.26 Å². The van der Waals surface area contributed by atoms with E-state index in [2.05, 4.69) is 33.0 Å². The molecule has 0 saturated heterocycles. The van der Waals surface area contributed by atoms with E-state index in [4.69, 9.17) is 4.42 Å². The molecule has 3 rings (SSSR count). The van der Waals surface area contributed by atoms with Crippen molar-refractivity contribution in [3.8, 4) is 0 Å². The molecule has 0 aliphatic heterocycles. The number of nitrogens with zero attached hydrogens (tertiary/aromatic N) is 2. The molecule has 1 aromatic heterocycles. The Labute approximate surface area is 208 Å². The topological polar surface area (TPSA) is 65.8 Å². The van der Waals surface area contributed by atoms with Crippen LogP contribution >= 0.6 is 0 Å². The monoisotopic (exact) mass is 475 g/mol. The van der Waals surface area contributed by atoms with Crippen LogP contribution in [0.15, 0.2) is 71.3 Å². The Kier molecular flexibility index (Phi) is 8.74. The fourth-order valence-corrected chi connectivity index (χ4v) is 4.23. The van der Waals surface area contributed by atoms with Crippen LogP contribution in [0.1, 0.15) is 61.7 Å². The molecule has 0 aliphatic rings. The predicted molar refractivity (Wildman–Crippen MR) is 142 cm³/mol. The van der Waals surface area contributed by atoms with Gasteiger partial charge in [0.2, 0.25) is 5.91 Å². The Hall–Kier alpha value is -3.54. The third-order valence-corrected chi connectivity index (χ3v) is 6.55. The summed E-state index contributed by atoms with van der Waals surface area (Å²) in [6, 6.07) is 19.1. The zero-order valence-corrected chi connectivity index (χ0v) is 21.6. The Balaban J connectivity index is 1.96. The maximum atomic E-state index is 14.0. The summed E-state index contributed by atoms with van der Waals surface area (Å²) in [4.78, 5) is 30.5. The quantitative estimate of drug-likeness (QED) is 0.381. The number of anilines is 2. The van der Waals surface area contributed by atoms with Crippen molar-refractivity contribution in [2.24, 2.45) is 5.92 Å². The molecule has 0 saturated carbocycles. The van der Waals surface area contributed by atoms with Crippen LogP contribution < -0.4 is 10.2 Å². The first-order chi connectivity index (χ1) is 16.7. The average Bonchev–Trinajstić information content (AvgIpc) is 3.38. The number of furan rings is 1. The van der Waals surface area contributed by atoms with E-state index in [1.807, 2.05) is 72.4 Å². The van der Waals surface area contributed by atoms with Crippen LogP contribution in [0.3, 0.4) is 0 Å². The van der Waals surface area contributed by atoms with Crippen molar-refractivity contribution in [1.29, 1.82) is 0 Å². The lowest BCUT2D eigenvalue weighted by Gasteiger charge is -2.36. The van der Waals surface area contributed by atoms with Gasteiger partial charge >= 0.3 is 0 Å². The minimum absolute atomic E-state index is 0.0386. The second kappa shape index (κ2) is 11.7. The molecule has 3 aromatic rings. The van der Waals surface area contributed by atoms with Crippen LogP contribution in [-0.4, -0.2) is 36.9 Å². The van der Waals surface area contributed by atoms with Gasteiger partial charge in [0.25, 0.3) is 5.91 Å². The first-order valence-electron chi connectivity index (χ1n) is 12.2.